The van der Waals surface area contributed by atoms with Crippen LogP contribution in [0.15, 0.2) is 48.5 Å². The van der Waals surface area contributed by atoms with Crippen molar-refractivity contribution in [1.82, 2.24) is 4.98 Å². The van der Waals surface area contributed by atoms with Crippen molar-refractivity contribution < 1.29 is 4.39 Å². The van der Waals surface area contributed by atoms with Gasteiger partial charge in [-0.05, 0) is 42.2 Å². The number of benzene rings is 2. The van der Waals surface area contributed by atoms with Crippen molar-refractivity contribution >= 4 is 10.9 Å². The van der Waals surface area contributed by atoms with Crippen molar-refractivity contribution in [3.05, 3.63) is 65.5 Å². The summed E-state index contributed by atoms with van der Waals surface area (Å²) in [6.45, 7) is 8.61. The average Bonchev–Trinajstić information content (AvgIpc) is 2.45. The van der Waals surface area contributed by atoms with Gasteiger partial charge in [0.05, 0.1) is 11.2 Å². The van der Waals surface area contributed by atoms with Crippen molar-refractivity contribution in [3.63, 3.8) is 0 Å². The van der Waals surface area contributed by atoms with E-state index in [4.69, 9.17) is 0 Å². The third-order valence-corrected chi connectivity index (χ3v) is 3.90. The highest BCUT2D eigenvalue weighted by Crippen LogP contribution is 2.30. The predicted octanol–water partition coefficient (Wildman–Crippen LogP) is 5.65. The molecule has 1 nitrogen and oxygen atoms in total. The highest BCUT2D eigenvalue weighted by atomic mass is 19.1. The molecule has 0 unspecified atom stereocenters. The molecule has 0 fully saturated rings. The minimum atomic E-state index is -0.223. The van der Waals surface area contributed by atoms with E-state index in [0.717, 1.165) is 11.1 Å². The second-order valence-electron chi connectivity index (χ2n) is 6.84. The molecule has 0 aliphatic heterocycles. The van der Waals surface area contributed by atoms with E-state index in [-0.39, 0.29) is 11.2 Å². The monoisotopic (exact) mass is 293 g/mol. The Bertz CT molecular complexity index is 844. The third-order valence-electron chi connectivity index (χ3n) is 3.90. The van der Waals surface area contributed by atoms with Gasteiger partial charge in [-0.1, -0.05) is 44.5 Å². The Morgan fingerprint density at radius 1 is 0.955 bits per heavy atom. The molecule has 2 heteroatoms. The molecule has 0 aliphatic rings. The number of hydrogen-bond acceptors (Lipinski definition) is 1. The third kappa shape index (κ3) is 2.74. The highest BCUT2D eigenvalue weighted by molar-refractivity contribution is 5.82. The van der Waals surface area contributed by atoms with Gasteiger partial charge < -0.3 is 0 Å². The Balaban J connectivity index is 2.21. The molecule has 2 aromatic carbocycles. The lowest BCUT2D eigenvalue weighted by atomic mass is 9.85. The summed E-state index contributed by atoms with van der Waals surface area (Å²) < 4.78 is 14.3. The molecule has 0 saturated carbocycles. The highest BCUT2D eigenvalue weighted by Gasteiger charge is 2.16. The zero-order chi connectivity index (χ0) is 15.9. The number of para-hydroxylation sites is 1. The van der Waals surface area contributed by atoms with Gasteiger partial charge in [-0.2, -0.15) is 0 Å². The van der Waals surface area contributed by atoms with Crippen LogP contribution in [0.4, 0.5) is 4.39 Å². The first kappa shape index (κ1) is 14.7. The second-order valence-corrected chi connectivity index (χ2v) is 6.84. The van der Waals surface area contributed by atoms with Crippen LogP contribution < -0.4 is 0 Å². The lowest BCUT2D eigenvalue weighted by Gasteiger charge is -2.21. The topological polar surface area (TPSA) is 12.9 Å². The Hall–Kier alpha value is -2.22. The quantitative estimate of drug-likeness (QED) is 0.565. The molecule has 22 heavy (non-hydrogen) atoms. The Labute approximate surface area is 130 Å². The van der Waals surface area contributed by atoms with Crippen molar-refractivity contribution in [2.24, 2.45) is 0 Å². The lowest BCUT2D eigenvalue weighted by Crippen LogP contribution is -2.11. The standard InChI is InChI=1S/C20H20FN/c1-13-9-14(11-15(10-13)20(2,3)4)19-12-17(21)16-7-5-6-8-18(16)22-19/h5-12H,1-4H3. The molecular formula is C20H20FN. The van der Waals surface area contributed by atoms with Crippen molar-refractivity contribution in [2.45, 2.75) is 33.1 Å². The molecule has 3 rings (SSSR count). The summed E-state index contributed by atoms with van der Waals surface area (Å²) in [5.74, 6) is -0.223. The maximum absolute atomic E-state index is 14.3. The van der Waals surface area contributed by atoms with E-state index in [2.05, 4.69) is 50.9 Å². The lowest BCUT2D eigenvalue weighted by molar-refractivity contribution is 0.590. The van der Waals surface area contributed by atoms with Crippen LogP contribution in [0.1, 0.15) is 31.9 Å². The van der Waals surface area contributed by atoms with Crippen LogP contribution in [0.3, 0.4) is 0 Å². The van der Waals surface area contributed by atoms with Gasteiger partial charge in [0.15, 0.2) is 0 Å². The second kappa shape index (κ2) is 5.20. The number of hydrogen-bond donors (Lipinski definition) is 0. The van der Waals surface area contributed by atoms with E-state index in [1.54, 1.807) is 6.07 Å². The minimum absolute atomic E-state index is 0.0517. The number of halogens is 1. The molecule has 0 atom stereocenters. The van der Waals surface area contributed by atoms with Crippen LogP contribution >= 0.6 is 0 Å². The summed E-state index contributed by atoms with van der Waals surface area (Å²) in [4.78, 5) is 4.63. The summed E-state index contributed by atoms with van der Waals surface area (Å²) in [5.41, 5.74) is 4.79. The van der Waals surface area contributed by atoms with E-state index >= 15 is 0 Å². The van der Waals surface area contributed by atoms with E-state index in [9.17, 15) is 4.39 Å². The fraction of sp³-hybridized carbons (Fsp3) is 0.250. The smallest absolute Gasteiger partial charge is 0.134 e. The van der Waals surface area contributed by atoms with Crippen molar-refractivity contribution in [2.75, 3.05) is 0 Å². The van der Waals surface area contributed by atoms with Crippen LogP contribution in [0, 0.1) is 12.7 Å². The summed E-state index contributed by atoms with van der Waals surface area (Å²) in [7, 11) is 0. The van der Waals surface area contributed by atoms with Crippen molar-refractivity contribution in [1.29, 1.82) is 0 Å². The van der Waals surface area contributed by atoms with Gasteiger partial charge in [0, 0.05) is 17.0 Å². The molecule has 1 heterocycles. The van der Waals surface area contributed by atoms with Gasteiger partial charge in [-0.3, -0.25) is 0 Å². The minimum Gasteiger partial charge on any atom is -0.248 e. The van der Waals surface area contributed by atoms with Crippen LogP contribution in [-0.2, 0) is 5.41 Å². The van der Waals surface area contributed by atoms with Crippen LogP contribution in [-0.4, -0.2) is 4.98 Å². The zero-order valence-electron chi connectivity index (χ0n) is 13.4. The molecular weight excluding hydrogens is 273 g/mol. The molecule has 0 aliphatic carbocycles. The fourth-order valence-electron chi connectivity index (χ4n) is 2.64. The molecule has 0 radical (unpaired) electrons. The van der Waals surface area contributed by atoms with Gasteiger partial charge >= 0.3 is 0 Å². The predicted molar refractivity (Wildman–Crippen MR) is 90.6 cm³/mol. The van der Waals surface area contributed by atoms with E-state index in [0.29, 0.717) is 16.6 Å². The normalized spacial score (nSPS) is 11.9. The number of aromatic nitrogens is 1. The van der Waals surface area contributed by atoms with Gasteiger partial charge in [0.25, 0.3) is 0 Å². The molecule has 1 aromatic heterocycles. The Morgan fingerprint density at radius 3 is 2.41 bits per heavy atom. The Morgan fingerprint density at radius 2 is 1.68 bits per heavy atom. The fourth-order valence-corrected chi connectivity index (χ4v) is 2.64. The van der Waals surface area contributed by atoms with Crippen LogP contribution in [0.2, 0.25) is 0 Å². The Kier molecular flexibility index (Phi) is 3.48. The number of fused-ring (bicyclic) bond motifs is 1. The maximum Gasteiger partial charge on any atom is 0.134 e. The summed E-state index contributed by atoms with van der Waals surface area (Å²) in [5, 5.41) is 0.565. The molecule has 0 bridgehead atoms. The average molecular weight is 293 g/mol. The first-order chi connectivity index (χ1) is 10.3. The van der Waals surface area contributed by atoms with E-state index in [1.165, 1.54) is 11.6 Å². The maximum atomic E-state index is 14.3. The summed E-state index contributed by atoms with van der Waals surface area (Å²) in [6, 6.07) is 15.2. The first-order valence-corrected chi connectivity index (χ1v) is 7.52. The summed E-state index contributed by atoms with van der Waals surface area (Å²) in [6.07, 6.45) is 0. The molecule has 0 amide bonds. The summed E-state index contributed by atoms with van der Waals surface area (Å²) >= 11 is 0. The first-order valence-electron chi connectivity index (χ1n) is 7.52. The number of pyridine rings is 1. The number of nitrogens with zero attached hydrogens (tertiary/aromatic N) is 1. The van der Waals surface area contributed by atoms with Crippen LogP contribution in [0.25, 0.3) is 22.2 Å². The van der Waals surface area contributed by atoms with Gasteiger partial charge in [0.2, 0.25) is 0 Å². The SMILES string of the molecule is Cc1cc(-c2cc(F)c3ccccc3n2)cc(C(C)(C)C)c1. The van der Waals surface area contributed by atoms with Gasteiger partial charge in [0.1, 0.15) is 5.82 Å². The zero-order valence-corrected chi connectivity index (χ0v) is 13.4. The van der Waals surface area contributed by atoms with Gasteiger partial charge in [-0.15, -0.1) is 0 Å². The number of aryl methyl sites for hydroxylation is 1. The largest absolute Gasteiger partial charge is 0.248 e. The van der Waals surface area contributed by atoms with Crippen LogP contribution in [0.5, 0.6) is 0 Å². The van der Waals surface area contributed by atoms with Crippen molar-refractivity contribution in [3.8, 4) is 11.3 Å². The van der Waals surface area contributed by atoms with E-state index in [1.807, 2.05) is 18.2 Å². The van der Waals surface area contributed by atoms with E-state index < -0.39 is 0 Å². The molecule has 0 spiro atoms. The molecule has 0 saturated heterocycles. The van der Waals surface area contributed by atoms with Gasteiger partial charge in [-0.25, -0.2) is 9.37 Å². The molecule has 3 aromatic rings. The molecule has 112 valence electrons. The number of rotatable bonds is 1. The molecule has 0 N–H and O–H groups in total.